The van der Waals surface area contributed by atoms with Crippen LogP contribution in [0.25, 0.3) is 0 Å². The summed E-state index contributed by atoms with van der Waals surface area (Å²) in [6, 6.07) is 1.04. The van der Waals surface area contributed by atoms with E-state index in [-0.39, 0.29) is 0 Å². The SMILES string of the molecule is CCCC1CCC(N)C(N(CC)CC(C)C)C1. The predicted octanol–water partition coefficient (Wildman–Crippen LogP) is 3.26. The Labute approximate surface area is 108 Å². The van der Waals surface area contributed by atoms with Gasteiger partial charge in [-0.1, -0.05) is 40.5 Å². The molecule has 0 radical (unpaired) electrons. The lowest BCUT2D eigenvalue weighted by atomic mass is 9.79. The maximum Gasteiger partial charge on any atom is 0.0249 e. The summed E-state index contributed by atoms with van der Waals surface area (Å²) >= 11 is 0. The van der Waals surface area contributed by atoms with Crippen LogP contribution < -0.4 is 5.73 Å². The molecule has 2 heteroatoms. The quantitative estimate of drug-likeness (QED) is 0.772. The highest BCUT2D eigenvalue weighted by Crippen LogP contribution is 2.30. The van der Waals surface area contributed by atoms with Gasteiger partial charge in [0, 0.05) is 18.6 Å². The van der Waals surface area contributed by atoms with Crippen molar-refractivity contribution in [3.8, 4) is 0 Å². The third-order valence-corrected chi connectivity index (χ3v) is 4.15. The predicted molar refractivity (Wildman–Crippen MR) is 76.1 cm³/mol. The molecule has 3 atom stereocenters. The highest BCUT2D eigenvalue weighted by Gasteiger charge is 2.31. The van der Waals surface area contributed by atoms with E-state index in [0.717, 1.165) is 18.4 Å². The summed E-state index contributed by atoms with van der Waals surface area (Å²) in [5.74, 6) is 1.67. The Balaban J connectivity index is 2.57. The molecule has 3 unspecified atom stereocenters. The van der Waals surface area contributed by atoms with Crippen LogP contribution in [0.3, 0.4) is 0 Å². The molecule has 0 aliphatic heterocycles. The van der Waals surface area contributed by atoms with Crippen molar-refractivity contribution in [3.05, 3.63) is 0 Å². The fourth-order valence-electron chi connectivity index (χ4n) is 3.31. The van der Waals surface area contributed by atoms with Gasteiger partial charge in [-0.05, 0) is 37.6 Å². The lowest BCUT2D eigenvalue weighted by molar-refractivity contribution is 0.102. The minimum atomic E-state index is 0.404. The monoisotopic (exact) mass is 240 g/mol. The largest absolute Gasteiger partial charge is 0.326 e. The van der Waals surface area contributed by atoms with E-state index in [1.165, 1.54) is 38.6 Å². The molecule has 0 saturated heterocycles. The van der Waals surface area contributed by atoms with Crippen LogP contribution in [-0.2, 0) is 0 Å². The fraction of sp³-hybridized carbons (Fsp3) is 1.00. The zero-order valence-corrected chi connectivity index (χ0v) is 12.3. The van der Waals surface area contributed by atoms with Crippen LogP contribution in [0.4, 0.5) is 0 Å². The van der Waals surface area contributed by atoms with E-state index in [2.05, 4.69) is 32.6 Å². The van der Waals surface area contributed by atoms with Gasteiger partial charge in [-0.3, -0.25) is 4.90 Å². The van der Waals surface area contributed by atoms with Crippen LogP contribution in [0.1, 0.15) is 59.8 Å². The second-order valence-corrected chi connectivity index (χ2v) is 6.18. The van der Waals surface area contributed by atoms with Crippen LogP contribution in [0.5, 0.6) is 0 Å². The zero-order chi connectivity index (χ0) is 12.8. The smallest absolute Gasteiger partial charge is 0.0249 e. The lowest BCUT2D eigenvalue weighted by Crippen LogP contribution is -2.52. The Morgan fingerprint density at radius 3 is 2.47 bits per heavy atom. The number of nitrogens with two attached hydrogens (primary N) is 1. The molecule has 1 fully saturated rings. The first-order valence-corrected chi connectivity index (χ1v) is 7.58. The standard InChI is InChI=1S/C15H32N2/c1-5-7-13-8-9-14(16)15(10-13)17(6-2)11-12(3)4/h12-15H,5-11,16H2,1-4H3. The zero-order valence-electron chi connectivity index (χ0n) is 12.3. The molecule has 102 valence electrons. The third kappa shape index (κ3) is 4.59. The molecule has 1 aliphatic rings. The van der Waals surface area contributed by atoms with Gasteiger partial charge in [-0.2, -0.15) is 0 Å². The maximum atomic E-state index is 6.35. The first kappa shape index (κ1) is 15.0. The average Bonchev–Trinajstić information content (AvgIpc) is 2.29. The Morgan fingerprint density at radius 1 is 1.24 bits per heavy atom. The number of hydrogen-bond acceptors (Lipinski definition) is 2. The van der Waals surface area contributed by atoms with Crippen LogP contribution >= 0.6 is 0 Å². The molecule has 0 aromatic carbocycles. The summed E-state index contributed by atoms with van der Waals surface area (Å²) < 4.78 is 0. The number of rotatable bonds is 6. The molecule has 0 amide bonds. The Bertz CT molecular complexity index is 203. The topological polar surface area (TPSA) is 29.3 Å². The van der Waals surface area contributed by atoms with Gasteiger partial charge in [-0.25, -0.2) is 0 Å². The van der Waals surface area contributed by atoms with Gasteiger partial charge in [0.1, 0.15) is 0 Å². The molecular formula is C15H32N2. The van der Waals surface area contributed by atoms with Crippen molar-refractivity contribution < 1.29 is 0 Å². The highest BCUT2D eigenvalue weighted by molar-refractivity contribution is 4.89. The molecule has 1 aliphatic carbocycles. The Kier molecular flexibility index (Phi) is 6.50. The molecule has 0 spiro atoms. The van der Waals surface area contributed by atoms with Crippen molar-refractivity contribution >= 4 is 0 Å². The molecule has 2 N–H and O–H groups in total. The van der Waals surface area contributed by atoms with Crippen LogP contribution in [-0.4, -0.2) is 30.1 Å². The minimum Gasteiger partial charge on any atom is -0.326 e. The van der Waals surface area contributed by atoms with Crippen molar-refractivity contribution in [3.63, 3.8) is 0 Å². The summed E-state index contributed by atoms with van der Waals surface area (Å²) in [6.07, 6.45) is 6.62. The van der Waals surface area contributed by atoms with Crippen molar-refractivity contribution in [2.45, 2.75) is 71.9 Å². The molecular weight excluding hydrogens is 208 g/mol. The fourth-order valence-corrected chi connectivity index (χ4v) is 3.31. The molecule has 1 saturated carbocycles. The number of nitrogens with zero attached hydrogens (tertiary/aromatic N) is 1. The van der Waals surface area contributed by atoms with Crippen molar-refractivity contribution in [1.82, 2.24) is 4.90 Å². The van der Waals surface area contributed by atoms with Crippen LogP contribution in [0.15, 0.2) is 0 Å². The van der Waals surface area contributed by atoms with Gasteiger partial charge in [0.2, 0.25) is 0 Å². The van der Waals surface area contributed by atoms with Crippen LogP contribution in [0, 0.1) is 11.8 Å². The van der Waals surface area contributed by atoms with Gasteiger partial charge >= 0.3 is 0 Å². The second-order valence-electron chi connectivity index (χ2n) is 6.18. The summed E-state index contributed by atoms with van der Waals surface area (Å²) in [6.45, 7) is 11.5. The van der Waals surface area contributed by atoms with E-state index in [1.807, 2.05) is 0 Å². The number of likely N-dealkylation sites (N-methyl/N-ethyl adjacent to an activating group) is 1. The second kappa shape index (κ2) is 7.38. The van der Waals surface area contributed by atoms with Gasteiger partial charge in [0.05, 0.1) is 0 Å². The number of hydrogen-bond donors (Lipinski definition) is 1. The van der Waals surface area contributed by atoms with Crippen LogP contribution in [0.2, 0.25) is 0 Å². The minimum absolute atomic E-state index is 0.404. The Hall–Kier alpha value is -0.0800. The van der Waals surface area contributed by atoms with Gasteiger partial charge in [0.15, 0.2) is 0 Å². The molecule has 1 rings (SSSR count). The summed E-state index contributed by atoms with van der Waals surface area (Å²) in [4.78, 5) is 2.62. The van der Waals surface area contributed by atoms with E-state index in [1.54, 1.807) is 0 Å². The molecule has 0 aromatic rings. The Morgan fingerprint density at radius 2 is 1.94 bits per heavy atom. The van der Waals surface area contributed by atoms with E-state index in [9.17, 15) is 0 Å². The first-order valence-electron chi connectivity index (χ1n) is 7.58. The summed E-state index contributed by atoms with van der Waals surface area (Å²) in [5, 5.41) is 0. The van der Waals surface area contributed by atoms with Gasteiger partial charge in [0.25, 0.3) is 0 Å². The van der Waals surface area contributed by atoms with E-state index in [4.69, 9.17) is 5.73 Å². The molecule has 0 heterocycles. The van der Waals surface area contributed by atoms with E-state index < -0.39 is 0 Å². The van der Waals surface area contributed by atoms with Crippen molar-refractivity contribution in [1.29, 1.82) is 0 Å². The van der Waals surface area contributed by atoms with Gasteiger partial charge in [-0.15, -0.1) is 0 Å². The highest BCUT2D eigenvalue weighted by atomic mass is 15.2. The van der Waals surface area contributed by atoms with E-state index >= 15 is 0 Å². The lowest BCUT2D eigenvalue weighted by Gasteiger charge is -2.41. The molecule has 17 heavy (non-hydrogen) atoms. The summed E-state index contributed by atoms with van der Waals surface area (Å²) in [5.41, 5.74) is 6.35. The van der Waals surface area contributed by atoms with E-state index in [0.29, 0.717) is 12.1 Å². The van der Waals surface area contributed by atoms with Crippen molar-refractivity contribution in [2.75, 3.05) is 13.1 Å². The summed E-state index contributed by atoms with van der Waals surface area (Å²) in [7, 11) is 0. The normalized spacial score (nSPS) is 30.2. The average molecular weight is 240 g/mol. The first-order chi connectivity index (χ1) is 8.08. The van der Waals surface area contributed by atoms with Gasteiger partial charge < -0.3 is 5.73 Å². The third-order valence-electron chi connectivity index (χ3n) is 4.15. The molecule has 0 aromatic heterocycles. The maximum absolute atomic E-state index is 6.35. The van der Waals surface area contributed by atoms with Crippen molar-refractivity contribution in [2.24, 2.45) is 17.6 Å². The molecule has 2 nitrogen and oxygen atoms in total. The molecule has 0 bridgehead atoms.